The van der Waals surface area contributed by atoms with Crippen molar-refractivity contribution in [3.05, 3.63) is 0 Å². The van der Waals surface area contributed by atoms with Gasteiger partial charge < -0.3 is 15.0 Å². The molecule has 94 valence electrons. The second-order valence-corrected chi connectivity index (χ2v) is 4.53. The number of piperazine rings is 1. The van der Waals surface area contributed by atoms with Crippen molar-refractivity contribution in [2.45, 2.75) is 37.8 Å². The van der Waals surface area contributed by atoms with Crippen LogP contribution in [0.5, 0.6) is 0 Å². The molecule has 0 radical (unpaired) electrons. The second kappa shape index (κ2) is 6.42. The molecule has 4 nitrogen and oxygen atoms in total. The van der Waals surface area contributed by atoms with Crippen LogP contribution in [0.1, 0.15) is 25.7 Å². The monoisotopic (exact) mass is 248 g/mol. The first-order chi connectivity index (χ1) is 7.29. The van der Waals surface area contributed by atoms with Crippen molar-refractivity contribution in [1.82, 2.24) is 10.2 Å². The van der Waals surface area contributed by atoms with Gasteiger partial charge in [-0.1, -0.05) is 6.42 Å². The summed E-state index contributed by atoms with van der Waals surface area (Å²) in [6.45, 7) is 2.32. The van der Waals surface area contributed by atoms with E-state index in [0.717, 1.165) is 13.1 Å². The Kier molecular flexibility index (Phi) is 5.52. The van der Waals surface area contributed by atoms with Crippen LogP contribution in [0.3, 0.4) is 0 Å². The van der Waals surface area contributed by atoms with E-state index >= 15 is 0 Å². The van der Waals surface area contributed by atoms with E-state index < -0.39 is 0 Å². The summed E-state index contributed by atoms with van der Waals surface area (Å²) in [7, 11) is 1.64. The highest BCUT2D eigenvalue weighted by Crippen LogP contribution is 2.19. The Morgan fingerprint density at radius 1 is 1.38 bits per heavy atom. The van der Waals surface area contributed by atoms with Crippen LogP contribution < -0.4 is 5.32 Å². The molecule has 2 atom stereocenters. The van der Waals surface area contributed by atoms with E-state index in [4.69, 9.17) is 4.74 Å². The van der Waals surface area contributed by atoms with Gasteiger partial charge in [0.25, 0.3) is 0 Å². The number of hydrogen-bond acceptors (Lipinski definition) is 3. The molecular weight excluding hydrogens is 228 g/mol. The van der Waals surface area contributed by atoms with Crippen molar-refractivity contribution < 1.29 is 9.53 Å². The fourth-order valence-corrected chi connectivity index (χ4v) is 2.56. The van der Waals surface area contributed by atoms with E-state index in [0.29, 0.717) is 25.1 Å². The first-order valence-corrected chi connectivity index (χ1v) is 5.82. The summed E-state index contributed by atoms with van der Waals surface area (Å²) in [5.41, 5.74) is 0. The van der Waals surface area contributed by atoms with Gasteiger partial charge in [-0.2, -0.15) is 0 Å². The van der Waals surface area contributed by atoms with Crippen LogP contribution in [-0.4, -0.2) is 49.7 Å². The molecule has 2 saturated heterocycles. The molecule has 1 amide bonds. The molecule has 0 saturated carbocycles. The van der Waals surface area contributed by atoms with Crippen LogP contribution in [0, 0.1) is 0 Å². The average Bonchev–Trinajstić information content (AvgIpc) is 2.25. The predicted molar refractivity (Wildman–Crippen MR) is 64.9 cm³/mol. The van der Waals surface area contributed by atoms with Crippen LogP contribution >= 0.6 is 12.4 Å². The smallest absolute Gasteiger partial charge is 0.224 e. The number of methoxy groups -OCH3 is 1. The van der Waals surface area contributed by atoms with Crippen molar-refractivity contribution in [2.75, 3.05) is 26.8 Å². The van der Waals surface area contributed by atoms with Crippen molar-refractivity contribution >= 4 is 18.3 Å². The molecule has 0 aromatic heterocycles. The number of carbonyl (C=O) groups excluding carboxylic acids is 1. The standard InChI is InChI=1S/C11H20N2O2.ClH/c1-15-6-5-11(14)13-7-9-3-2-4-10(8-13)12-9;/h9-10,12H,2-8H2,1H3;1H. The minimum absolute atomic E-state index is 0. The SMILES string of the molecule is COCCC(=O)N1CC2CCCC(C1)N2.Cl. The molecular formula is C11H21ClN2O2. The molecule has 2 aliphatic rings. The molecule has 0 aromatic rings. The quantitative estimate of drug-likeness (QED) is 0.803. The maximum Gasteiger partial charge on any atom is 0.224 e. The van der Waals surface area contributed by atoms with Crippen molar-refractivity contribution in [3.63, 3.8) is 0 Å². The number of nitrogens with zero attached hydrogens (tertiary/aromatic N) is 1. The number of ether oxygens (including phenoxy) is 1. The van der Waals surface area contributed by atoms with E-state index in [-0.39, 0.29) is 18.3 Å². The number of nitrogens with one attached hydrogen (secondary N) is 1. The van der Waals surface area contributed by atoms with Crippen LogP contribution in [0.15, 0.2) is 0 Å². The first kappa shape index (κ1) is 13.7. The first-order valence-electron chi connectivity index (χ1n) is 5.82. The molecule has 0 aromatic carbocycles. The minimum atomic E-state index is 0. The van der Waals surface area contributed by atoms with Crippen LogP contribution in [0.25, 0.3) is 0 Å². The Labute approximate surface area is 103 Å². The van der Waals surface area contributed by atoms with Gasteiger partial charge in [-0.25, -0.2) is 0 Å². The molecule has 2 heterocycles. The number of hydrogen-bond donors (Lipinski definition) is 1. The third-order valence-corrected chi connectivity index (χ3v) is 3.33. The van der Waals surface area contributed by atoms with Crippen LogP contribution in [0.4, 0.5) is 0 Å². The summed E-state index contributed by atoms with van der Waals surface area (Å²) in [5, 5.41) is 3.57. The minimum Gasteiger partial charge on any atom is -0.384 e. The number of rotatable bonds is 3. The summed E-state index contributed by atoms with van der Waals surface area (Å²) in [6, 6.07) is 1.06. The third-order valence-electron chi connectivity index (χ3n) is 3.33. The van der Waals surface area contributed by atoms with E-state index in [9.17, 15) is 4.79 Å². The number of fused-ring (bicyclic) bond motifs is 2. The molecule has 0 aliphatic carbocycles. The Bertz CT molecular complexity index is 226. The highest BCUT2D eigenvalue weighted by molar-refractivity contribution is 5.85. The summed E-state index contributed by atoms with van der Waals surface area (Å²) in [5.74, 6) is 0.246. The van der Waals surface area contributed by atoms with E-state index in [2.05, 4.69) is 5.32 Å². The van der Waals surface area contributed by atoms with Crippen molar-refractivity contribution in [1.29, 1.82) is 0 Å². The van der Waals surface area contributed by atoms with Crippen LogP contribution in [0.2, 0.25) is 0 Å². The highest BCUT2D eigenvalue weighted by Gasteiger charge is 2.31. The van der Waals surface area contributed by atoms with Gasteiger partial charge in [-0.05, 0) is 12.8 Å². The maximum atomic E-state index is 11.8. The molecule has 2 rings (SSSR count). The Hall–Kier alpha value is -0.320. The topological polar surface area (TPSA) is 41.6 Å². The van der Waals surface area contributed by atoms with Crippen molar-refractivity contribution in [3.8, 4) is 0 Å². The summed E-state index contributed by atoms with van der Waals surface area (Å²) in [4.78, 5) is 13.8. The molecule has 1 N–H and O–H groups in total. The number of piperidine rings is 1. The maximum absolute atomic E-state index is 11.8. The fraction of sp³-hybridized carbons (Fsp3) is 0.909. The van der Waals surface area contributed by atoms with Crippen molar-refractivity contribution in [2.24, 2.45) is 0 Å². The number of halogens is 1. The predicted octanol–water partition coefficient (Wildman–Crippen LogP) is 0.798. The Morgan fingerprint density at radius 2 is 2.00 bits per heavy atom. The fourth-order valence-electron chi connectivity index (χ4n) is 2.56. The second-order valence-electron chi connectivity index (χ2n) is 4.53. The lowest BCUT2D eigenvalue weighted by Crippen LogP contribution is -2.59. The van der Waals surface area contributed by atoms with Gasteiger partial charge in [0.1, 0.15) is 0 Å². The van der Waals surface area contributed by atoms with Crippen LogP contribution in [-0.2, 0) is 9.53 Å². The Balaban J connectivity index is 0.00000128. The summed E-state index contributed by atoms with van der Waals surface area (Å²) >= 11 is 0. The zero-order valence-corrected chi connectivity index (χ0v) is 10.6. The number of amides is 1. The normalized spacial score (nSPS) is 28.4. The molecule has 5 heteroatoms. The molecule has 2 aliphatic heterocycles. The number of likely N-dealkylation sites (tertiary alicyclic amines) is 1. The lowest BCUT2D eigenvalue weighted by molar-refractivity contribution is -0.134. The van der Waals surface area contributed by atoms with Gasteiger partial charge >= 0.3 is 0 Å². The largest absolute Gasteiger partial charge is 0.384 e. The van der Waals surface area contributed by atoms with Gasteiger partial charge in [0.05, 0.1) is 13.0 Å². The van der Waals surface area contributed by atoms with E-state index in [1.807, 2.05) is 4.90 Å². The summed E-state index contributed by atoms with van der Waals surface area (Å²) < 4.78 is 4.93. The van der Waals surface area contributed by atoms with Gasteiger partial charge in [-0.15, -0.1) is 12.4 Å². The zero-order chi connectivity index (χ0) is 10.7. The highest BCUT2D eigenvalue weighted by atomic mass is 35.5. The van der Waals surface area contributed by atoms with Gasteiger partial charge in [0.15, 0.2) is 0 Å². The zero-order valence-electron chi connectivity index (χ0n) is 9.78. The molecule has 16 heavy (non-hydrogen) atoms. The molecule has 2 fully saturated rings. The van der Waals surface area contributed by atoms with Gasteiger partial charge in [-0.3, -0.25) is 4.79 Å². The third kappa shape index (κ3) is 3.34. The summed E-state index contributed by atoms with van der Waals surface area (Å²) in [6.07, 6.45) is 4.26. The molecule has 0 spiro atoms. The van der Waals surface area contributed by atoms with E-state index in [1.54, 1.807) is 7.11 Å². The lowest BCUT2D eigenvalue weighted by atomic mass is 9.94. The molecule has 2 bridgehead atoms. The van der Waals surface area contributed by atoms with E-state index in [1.165, 1.54) is 19.3 Å². The number of carbonyl (C=O) groups is 1. The lowest BCUT2D eigenvalue weighted by Gasteiger charge is -2.42. The van der Waals surface area contributed by atoms with Gasteiger partial charge in [0, 0.05) is 32.3 Å². The average molecular weight is 249 g/mol. The van der Waals surface area contributed by atoms with Gasteiger partial charge in [0.2, 0.25) is 5.91 Å². The molecule has 2 unspecified atom stereocenters. The Morgan fingerprint density at radius 3 is 2.56 bits per heavy atom.